The smallest absolute Gasteiger partial charge is 0.0547 e. The first kappa shape index (κ1) is 35.2. The lowest BCUT2D eigenvalue weighted by atomic mass is 9.96. The molecule has 2 heteroatoms. The molecule has 0 fully saturated rings. The Morgan fingerprint density at radius 1 is 0.283 bits per heavy atom. The van der Waals surface area contributed by atoms with Crippen molar-refractivity contribution in [1.29, 1.82) is 0 Å². The van der Waals surface area contributed by atoms with Crippen LogP contribution in [0.1, 0.15) is 0 Å². The molecule has 0 N–H and O–H groups in total. The summed E-state index contributed by atoms with van der Waals surface area (Å²) in [6.07, 6.45) is 0. The maximum absolute atomic E-state index is 2.41. The van der Waals surface area contributed by atoms with Gasteiger partial charge in [0.1, 0.15) is 0 Å². The van der Waals surface area contributed by atoms with Crippen molar-refractivity contribution >= 4 is 49.6 Å². The predicted molar refractivity (Wildman–Crippen MR) is 255 cm³/mol. The molecule has 0 aliphatic heterocycles. The number of aromatic nitrogens is 1. The standard InChI is InChI=1S/C58H40N2/c1-4-15-41(16-5-1)43-29-34-49(35-30-43)59(50-36-31-45(32-37-50)53-26-13-20-44-19-10-11-25-52(44)53)51-24-12-21-47(39-51)54-27-14-28-57-58(54)55-40-46(42-17-6-2-7-18-42)33-38-56(55)60(57)48-22-8-3-9-23-48/h1-40H. The van der Waals surface area contributed by atoms with E-state index in [4.69, 9.17) is 0 Å². The van der Waals surface area contributed by atoms with Crippen LogP contribution in [0.5, 0.6) is 0 Å². The van der Waals surface area contributed by atoms with Crippen LogP contribution in [-0.2, 0) is 0 Å². The molecule has 0 saturated heterocycles. The Morgan fingerprint density at radius 3 is 1.55 bits per heavy atom. The van der Waals surface area contributed by atoms with Gasteiger partial charge < -0.3 is 9.47 Å². The second-order valence-electron chi connectivity index (χ2n) is 15.3. The van der Waals surface area contributed by atoms with Gasteiger partial charge in [0.05, 0.1) is 11.0 Å². The lowest BCUT2D eigenvalue weighted by Gasteiger charge is -2.26. The first-order valence-electron chi connectivity index (χ1n) is 20.6. The summed E-state index contributed by atoms with van der Waals surface area (Å²) >= 11 is 0. The first-order chi connectivity index (χ1) is 29.8. The molecule has 0 aliphatic rings. The van der Waals surface area contributed by atoms with E-state index in [9.17, 15) is 0 Å². The quantitative estimate of drug-likeness (QED) is 0.150. The first-order valence-corrected chi connectivity index (χ1v) is 20.6. The topological polar surface area (TPSA) is 8.17 Å². The fourth-order valence-corrected chi connectivity index (χ4v) is 8.94. The number of rotatable bonds is 8. The van der Waals surface area contributed by atoms with Crippen LogP contribution in [0.25, 0.3) is 82.8 Å². The summed E-state index contributed by atoms with van der Waals surface area (Å²) in [5.74, 6) is 0. The third kappa shape index (κ3) is 6.32. The van der Waals surface area contributed by atoms with Gasteiger partial charge in [-0.2, -0.15) is 0 Å². The number of benzene rings is 10. The minimum atomic E-state index is 1.09. The Labute approximate surface area is 350 Å². The zero-order chi connectivity index (χ0) is 39.8. The summed E-state index contributed by atoms with van der Waals surface area (Å²) < 4.78 is 2.41. The molecule has 282 valence electrons. The molecule has 10 aromatic carbocycles. The molecule has 0 atom stereocenters. The summed E-state index contributed by atoms with van der Waals surface area (Å²) in [5, 5.41) is 4.97. The van der Waals surface area contributed by atoms with Crippen molar-refractivity contribution in [2.24, 2.45) is 0 Å². The summed E-state index contributed by atoms with van der Waals surface area (Å²) in [4.78, 5) is 2.38. The van der Waals surface area contributed by atoms with Crippen LogP contribution in [-0.4, -0.2) is 4.57 Å². The maximum Gasteiger partial charge on any atom is 0.0547 e. The third-order valence-corrected chi connectivity index (χ3v) is 11.8. The van der Waals surface area contributed by atoms with Crippen molar-refractivity contribution < 1.29 is 0 Å². The minimum Gasteiger partial charge on any atom is -0.310 e. The van der Waals surface area contributed by atoms with E-state index >= 15 is 0 Å². The van der Waals surface area contributed by atoms with Crippen molar-refractivity contribution in [2.45, 2.75) is 0 Å². The molecule has 0 aliphatic carbocycles. The zero-order valence-electron chi connectivity index (χ0n) is 33.0. The summed E-state index contributed by atoms with van der Waals surface area (Å²) in [5.41, 5.74) is 16.4. The van der Waals surface area contributed by atoms with Gasteiger partial charge in [-0.1, -0.05) is 176 Å². The average Bonchev–Trinajstić information content (AvgIpc) is 3.67. The highest BCUT2D eigenvalue weighted by atomic mass is 15.1. The van der Waals surface area contributed by atoms with Crippen molar-refractivity contribution in [3.63, 3.8) is 0 Å². The van der Waals surface area contributed by atoms with E-state index < -0.39 is 0 Å². The SMILES string of the molecule is c1ccc(-c2ccc(N(c3ccc(-c4cccc5ccccc45)cc3)c3cccc(-c4cccc5c4c4cc(-c6ccccc6)ccc4n5-c4ccccc4)c3)cc2)cc1. The number of hydrogen-bond donors (Lipinski definition) is 0. The number of fused-ring (bicyclic) bond motifs is 4. The van der Waals surface area contributed by atoms with E-state index in [2.05, 4.69) is 252 Å². The highest BCUT2D eigenvalue weighted by Gasteiger charge is 2.19. The highest BCUT2D eigenvalue weighted by molar-refractivity contribution is 6.16. The molecule has 0 radical (unpaired) electrons. The van der Waals surface area contributed by atoms with Crippen molar-refractivity contribution in [3.05, 3.63) is 243 Å². The molecule has 1 heterocycles. The Hall–Kier alpha value is -7.94. The Bertz CT molecular complexity index is 3270. The van der Waals surface area contributed by atoms with E-state index in [0.29, 0.717) is 0 Å². The zero-order valence-corrected chi connectivity index (χ0v) is 33.0. The van der Waals surface area contributed by atoms with Crippen LogP contribution in [0.3, 0.4) is 0 Å². The number of anilines is 3. The van der Waals surface area contributed by atoms with E-state index in [1.54, 1.807) is 0 Å². The largest absolute Gasteiger partial charge is 0.310 e. The molecule has 2 nitrogen and oxygen atoms in total. The molecule has 11 aromatic rings. The van der Waals surface area contributed by atoms with E-state index in [1.165, 1.54) is 71.5 Å². The summed E-state index contributed by atoms with van der Waals surface area (Å²) in [6.45, 7) is 0. The Morgan fingerprint density at radius 2 is 0.817 bits per heavy atom. The molecule has 60 heavy (non-hydrogen) atoms. The van der Waals surface area contributed by atoms with Gasteiger partial charge in [0.15, 0.2) is 0 Å². The van der Waals surface area contributed by atoms with Gasteiger partial charge in [-0.15, -0.1) is 0 Å². The summed E-state index contributed by atoms with van der Waals surface area (Å²) in [6, 6.07) is 87.9. The lowest BCUT2D eigenvalue weighted by molar-refractivity contribution is 1.18. The third-order valence-electron chi connectivity index (χ3n) is 11.8. The van der Waals surface area contributed by atoms with Crippen molar-refractivity contribution in [2.75, 3.05) is 4.90 Å². The molecule has 1 aromatic heterocycles. The maximum atomic E-state index is 2.41. The molecule has 0 spiro atoms. The monoisotopic (exact) mass is 764 g/mol. The van der Waals surface area contributed by atoms with Crippen LogP contribution < -0.4 is 4.90 Å². The Balaban J connectivity index is 1.08. The van der Waals surface area contributed by atoms with Crippen LogP contribution in [0, 0.1) is 0 Å². The second kappa shape index (κ2) is 15.1. The number of para-hydroxylation sites is 1. The van der Waals surface area contributed by atoms with Crippen LogP contribution in [0.15, 0.2) is 243 Å². The van der Waals surface area contributed by atoms with Crippen molar-refractivity contribution in [1.82, 2.24) is 4.57 Å². The van der Waals surface area contributed by atoms with E-state index in [1.807, 2.05) is 0 Å². The Kier molecular flexibility index (Phi) is 8.87. The van der Waals surface area contributed by atoms with Crippen molar-refractivity contribution in [3.8, 4) is 50.2 Å². The van der Waals surface area contributed by atoms with Gasteiger partial charge in [0.25, 0.3) is 0 Å². The van der Waals surface area contributed by atoms with Gasteiger partial charge >= 0.3 is 0 Å². The summed E-state index contributed by atoms with van der Waals surface area (Å²) in [7, 11) is 0. The molecular formula is C58H40N2. The van der Waals surface area contributed by atoms with Gasteiger partial charge in [-0.3, -0.25) is 0 Å². The molecule has 11 rings (SSSR count). The fraction of sp³-hybridized carbons (Fsp3) is 0. The van der Waals surface area contributed by atoms with Crippen LogP contribution in [0.4, 0.5) is 17.1 Å². The second-order valence-corrected chi connectivity index (χ2v) is 15.3. The number of hydrogen-bond acceptors (Lipinski definition) is 1. The van der Waals surface area contributed by atoms with E-state index in [0.717, 1.165) is 28.3 Å². The molecule has 0 unspecified atom stereocenters. The van der Waals surface area contributed by atoms with E-state index in [-0.39, 0.29) is 0 Å². The van der Waals surface area contributed by atoms with Gasteiger partial charge in [0.2, 0.25) is 0 Å². The molecular weight excluding hydrogens is 725 g/mol. The van der Waals surface area contributed by atoms with Gasteiger partial charge in [-0.25, -0.2) is 0 Å². The van der Waals surface area contributed by atoms with Gasteiger partial charge in [-0.05, 0) is 122 Å². The van der Waals surface area contributed by atoms with Crippen LogP contribution in [0.2, 0.25) is 0 Å². The molecule has 0 amide bonds. The minimum absolute atomic E-state index is 1.09. The normalized spacial score (nSPS) is 11.3. The predicted octanol–water partition coefficient (Wildman–Crippen LogP) is 16.1. The fourth-order valence-electron chi connectivity index (χ4n) is 8.94. The average molecular weight is 765 g/mol. The lowest BCUT2D eigenvalue weighted by Crippen LogP contribution is -2.10. The number of nitrogens with zero attached hydrogens (tertiary/aromatic N) is 2. The molecule has 0 bridgehead atoms. The molecule has 0 saturated carbocycles. The van der Waals surface area contributed by atoms with Crippen LogP contribution >= 0.6 is 0 Å². The highest BCUT2D eigenvalue weighted by Crippen LogP contribution is 2.43. The van der Waals surface area contributed by atoms with Gasteiger partial charge in [0, 0.05) is 33.5 Å².